The van der Waals surface area contributed by atoms with Crippen molar-refractivity contribution in [2.24, 2.45) is 0 Å². The third-order valence-corrected chi connectivity index (χ3v) is 5.77. The molecule has 3 aromatic carbocycles. The van der Waals surface area contributed by atoms with Gasteiger partial charge in [0, 0.05) is 30.8 Å². The minimum absolute atomic E-state index is 0.0121. The van der Waals surface area contributed by atoms with Gasteiger partial charge in [-0.05, 0) is 34.7 Å². The Morgan fingerprint density at radius 2 is 1.49 bits per heavy atom. The topological polar surface area (TPSA) is 86.7 Å². The summed E-state index contributed by atoms with van der Waals surface area (Å²) in [5.41, 5.74) is 3.19. The molecule has 3 rings (SSSR count). The normalized spacial score (nSPS) is 11.3. The SMILES string of the molecule is C=CCNC(=O)c1ccccc1-c1ccccc1C(=O)N(CCC(=O)O)CC(C)c1ccccc1. The largest absolute Gasteiger partial charge is 0.481 e. The maximum Gasteiger partial charge on any atom is 0.305 e. The molecule has 0 aliphatic carbocycles. The van der Waals surface area contributed by atoms with Crippen molar-refractivity contribution in [1.29, 1.82) is 0 Å². The molecule has 180 valence electrons. The lowest BCUT2D eigenvalue weighted by molar-refractivity contribution is -0.137. The Morgan fingerprint density at radius 1 is 0.914 bits per heavy atom. The van der Waals surface area contributed by atoms with Crippen LogP contribution in [0.15, 0.2) is 91.5 Å². The number of carbonyl (C=O) groups excluding carboxylic acids is 2. The Labute approximate surface area is 205 Å². The minimum Gasteiger partial charge on any atom is -0.481 e. The van der Waals surface area contributed by atoms with Crippen LogP contribution in [0.4, 0.5) is 0 Å². The predicted octanol–water partition coefficient (Wildman–Crippen LogP) is 4.99. The molecule has 0 aliphatic rings. The molecule has 3 aromatic rings. The molecule has 2 amide bonds. The number of carboxylic acid groups (broad SMARTS) is 1. The van der Waals surface area contributed by atoms with Gasteiger partial charge in [0.2, 0.25) is 0 Å². The summed E-state index contributed by atoms with van der Waals surface area (Å²) in [6.07, 6.45) is 1.45. The molecule has 0 fully saturated rings. The Bertz CT molecular complexity index is 1190. The van der Waals surface area contributed by atoms with Crippen molar-refractivity contribution in [2.45, 2.75) is 19.3 Å². The second-order valence-electron chi connectivity index (χ2n) is 8.30. The van der Waals surface area contributed by atoms with Gasteiger partial charge in [-0.1, -0.05) is 79.7 Å². The molecule has 0 bridgehead atoms. The summed E-state index contributed by atoms with van der Waals surface area (Å²) < 4.78 is 0. The number of amides is 2. The number of nitrogens with zero attached hydrogens (tertiary/aromatic N) is 1. The number of carboxylic acids is 1. The van der Waals surface area contributed by atoms with E-state index in [2.05, 4.69) is 11.9 Å². The molecule has 0 radical (unpaired) electrons. The molecule has 2 N–H and O–H groups in total. The van der Waals surface area contributed by atoms with E-state index in [0.29, 0.717) is 35.3 Å². The predicted molar refractivity (Wildman–Crippen MR) is 137 cm³/mol. The smallest absolute Gasteiger partial charge is 0.305 e. The lowest BCUT2D eigenvalue weighted by Gasteiger charge is -2.27. The molecule has 0 aromatic heterocycles. The molecular weight excluding hydrogens is 440 g/mol. The highest BCUT2D eigenvalue weighted by Crippen LogP contribution is 2.29. The quantitative estimate of drug-likeness (QED) is 0.387. The number of aliphatic carboxylic acids is 1. The zero-order chi connectivity index (χ0) is 25.2. The minimum atomic E-state index is -0.965. The van der Waals surface area contributed by atoms with Crippen molar-refractivity contribution in [2.75, 3.05) is 19.6 Å². The highest BCUT2D eigenvalue weighted by Gasteiger charge is 2.24. The van der Waals surface area contributed by atoms with E-state index in [9.17, 15) is 19.5 Å². The Kier molecular flexibility index (Phi) is 8.95. The average Bonchev–Trinajstić information content (AvgIpc) is 2.89. The molecule has 0 spiro atoms. The van der Waals surface area contributed by atoms with Crippen molar-refractivity contribution >= 4 is 17.8 Å². The zero-order valence-electron chi connectivity index (χ0n) is 19.8. The van der Waals surface area contributed by atoms with Crippen LogP contribution in [0.1, 0.15) is 45.5 Å². The van der Waals surface area contributed by atoms with Crippen LogP contribution in [-0.4, -0.2) is 47.4 Å². The average molecular weight is 471 g/mol. The maximum absolute atomic E-state index is 13.8. The summed E-state index contributed by atoms with van der Waals surface area (Å²) in [6.45, 7) is 6.43. The van der Waals surface area contributed by atoms with Crippen LogP contribution < -0.4 is 5.32 Å². The lowest BCUT2D eigenvalue weighted by atomic mass is 9.93. The van der Waals surface area contributed by atoms with Crippen LogP contribution in [0.5, 0.6) is 0 Å². The first-order valence-corrected chi connectivity index (χ1v) is 11.6. The molecule has 6 nitrogen and oxygen atoms in total. The highest BCUT2D eigenvalue weighted by molar-refractivity contribution is 6.06. The molecule has 1 unspecified atom stereocenters. The van der Waals surface area contributed by atoms with E-state index in [0.717, 1.165) is 5.56 Å². The number of carbonyl (C=O) groups is 3. The Balaban J connectivity index is 1.98. The first-order chi connectivity index (χ1) is 16.9. The van der Waals surface area contributed by atoms with Crippen LogP contribution in [-0.2, 0) is 4.79 Å². The Hall–Kier alpha value is -4.19. The van der Waals surface area contributed by atoms with Crippen LogP contribution in [0.3, 0.4) is 0 Å². The van der Waals surface area contributed by atoms with Gasteiger partial charge in [-0.2, -0.15) is 0 Å². The van der Waals surface area contributed by atoms with E-state index in [4.69, 9.17) is 0 Å². The van der Waals surface area contributed by atoms with Gasteiger partial charge in [0.15, 0.2) is 0 Å². The summed E-state index contributed by atoms with van der Waals surface area (Å²) in [7, 11) is 0. The van der Waals surface area contributed by atoms with Crippen LogP contribution in [0.25, 0.3) is 11.1 Å². The van der Waals surface area contributed by atoms with E-state index in [1.165, 1.54) is 0 Å². The van der Waals surface area contributed by atoms with Crippen molar-refractivity contribution in [1.82, 2.24) is 10.2 Å². The zero-order valence-corrected chi connectivity index (χ0v) is 19.8. The van der Waals surface area contributed by atoms with E-state index in [1.54, 1.807) is 35.2 Å². The number of rotatable bonds is 11. The highest BCUT2D eigenvalue weighted by atomic mass is 16.4. The molecule has 0 saturated carbocycles. The lowest BCUT2D eigenvalue weighted by Crippen LogP contribution is -2.36. The van der Waals surface area contributed by atoms with Gasteiger partial charge in [-0.15, -0.1) is 6.58 Å². The van der Waals surface area contributed by atoms with E-state index < -0.39 is 5.97 Å². The monoisotopic (exact) mass is 470 g/mol. The van der Waals surface area contributed by atoms with Gasteiger partial charge in [-0.25, -0.2) is 0 Å². The van der Waals surface area contributed by atoms with E-state index >= 15 is 0 Å². The van der Waals surface area contributed by atoms with Crippen LogP contribution >= 0.6 is 0 Å². The van der Waals surface area contributed by atoms with Crippen LogP contribution in [0.2, 0.25) is 0 Å². The number of nitrogens with one attached hydrogen (secondary N) is 1. The maximum atomic E-state index is 13.8. The van der Waals surface area contributed by atoms with Crippen molar-refractivity contribution in [3.05, 3.63) is 108 Å². The van der Waals surface area contributed by atoms with Gasteiger partial charge < -0.3 is 15.3 Å². The fraction of sp³-hybridized carbons (Fsp3) is 0.207. The molecule has 6 heteroatoms. The molecule has 35 heavy (non-hydrogen) atoms. The van der Waals surface area contributed by atoms with Gasteiger partial charge in [0.05, 0.1) is 6.42 Å². The molecule has 0 saturated heterocycles. The van der Waals surface area contributed by atoms with Gasteiger partial charge in [0.1, 0.15) is 0 Å². The van der Waals surface area contributed by atoms with E-state index in [1.807, 2.05) is 61.5 Å². The van der Waals surface area contributed by atoms with Crippen LogP contribution in [0, 0.1) is 0 Å². The van der Waals surface area contributed by atoms with E-state index in [-0.39, 0.29) is 30.7 Å². The fourth-order valence-electron chi connectivity index (χ4n) is 3.97. The first-order valence-electron chi connectivity index (χ1n) is 11.6. The number of hydrogen-bond acceptors (Lipinski definition) is 3. The van der Waals surface area contributed by atoms with Crippen molar-refractivity contribution in [3.63, 3.8) is 0 Å². The molecule has 1 atom stereocenters. The summed E-state index contributed by atoms with van der Waals surface area (Å²) in [5, 5.41) is 12.1. The van der Waals surface area contributed by atoms with Gasteiger partial charge in [0.25, 0.3) is 11.8 Å². The first kappa shape index (κ1) is 25.4. The third-order valence-electron chi connectivity index (χ3n) is 5.77. The van der Waals surface area contributed by atoms with Gasteiger partial charge >= 0.3 is 5.97 Å². The van der Waals surface area contributed by atoms with Crippen molar-refractivity contribution in [3.8, 4) is 11.1 Å². The third kappa shape index (κ3) is 6.67. The summed E-state index contributed by atoms with van der Waals surface area (Å²) in [4.78, 5) is 39.5. The standard InChI is InChI=1S/C29H30N2O4/c1-3-18-30-28(34)25-15-9-7-13-23(25)24-14-8-10-16-26(24)29(35)31(19-17-27(32)33)20-21(2)22-11-5-4-6-12-22/h3-16,21H,1,17-20H2,2H3,(H,30,34)(H,32,33). The summed E-state index contributed by atoms with van der Waals surface area (Å²) in [5.74, 6) is -1.49. The number of benzene rings is 3. The fourth-order valence-corrected chi connectivity index (χ4v) is 3.97. The molecule has 0 aliphatic heterocycles. The van der Waals surface area contributed by atoms with Crippen molar-refractivity contribution < 1.29 is 19.5 Å². The second-order valence-corrected chi connectivity index (χ2v) is 8.30. The Morgan fingerprint density at radius 3 is 2.11 bits per heavy atom. The summed E-state index contributed by atoms with van der Waals surface area (Å²) >= 11 is 0. The van der Waals surface area contributed by atoms with Gasteiger partial charge in [-0.3, -0.25) is 14.4 Å². The second kappa shape index (κ2) is 12.3. The molecular formula is C29H30N2O4. The number of hydrogen-bond donors (Lipinski definition) is 2. The summed E-state index contributed by atoms with van der Waals surface area (Å²) in [6, 6.07) is 24.1. The molecule has 0 heterocycles.